The number of rotatable bonds is 6. The van der Waals surface area contributed by atoms with Crippen LogP contribution in [-0.2, 0) is 4.74 Å². The van der Waals surface area contributed by atoms with Gasteiger partial charge in [-0.15, -0.1) is 0 Å². The van der Waals surface area contributed by atoms with Gasteiger partial charge in [-0.25, -0.2) is 0 Å². The van der Waals surface area contributed by atoms with E-state index >= 15 is 0 Å². The number of nitrogens with one attached hydrogen (secondary N) is 1. The van der Waals surface area contributed by atoms with Crippen molar-refractivity contribution in [2.75, 3.05) is 33.3 Å². The van der Waals surface area contributed by atoms with Crippen LogP contribution < -0.4 is 11.1 Å². The van der Waals surface area contributed by atoms with Crippen molar-refractivity contribution >= 4 is 5.96 Å². The summed E-state index contributed by atoms with van der Waals surface area (Å²) < 4.78 is 5.48. The highest BCUT2D eigenvalue weighted by atomic mass is 16.5. The Balaban J connectivity index is 2.38. The molecule has 0 spiro atoms. The molecular formula is C15H32N4O. The molecule has 5 nitrogen and oxygen atoms in total. The molecule has 118 valence electrons. The maximum Gasteiger partial charge on any atom is 0.188 e. The molecule has 0 radical (unpaired) electrons. The third-order valence-corrected chi connectivity index (χ3v) is 4.10. The summed E-state index contributed by atoms with van der Waals surface area (Å²) in [5.41, 5.74) is 6.02. The minimum atomic E-state index is 0.0724. The average Bonchev–Trinajstić information content (AvgIpc) is 2.82. The molecule has 3 N–H and O–H groups in total. The van der Waals surface area contributed by atoms with Gasteiger partial charge in [-0.05, 0) is 31.3 Å². The smallest absolute Gasteiger partial charge is 0.188 e. The van der Waals surface area contributed by atoms with Crippen LogP contribution >= 0.6 is 0 Å². The zero-order valence-electron chi connectivity index (χ0n) is 13.8. The lowest BCUT2D eigenvalue weighted by Gasteiger charge is -2.28. The molecule has 0 aromatic carbocycles. The molecule has 1 fully saturated rings. The monoisotopic (exact) mass is 284 g/mol. The summed E-state index contributed by atoms with van der Waals surface area (Å²) in [6.45, 7) is 12.5. The molecule has 1 rings (SSSR count). The molecule has 2 atom stereocenters. The SMILES string of the molecule is CCN1CCCC1CNC(N)=NCC(OC)C(C)(C)C. The molecule has 0 aliphatic carbocycles. The number of likely N-dealkylation sites (N-methyl/N-ethyl adjacent to an activating group) is 1. The van der Waals surface area contributed by atoms with Crippen LogP contribution in [0.5, 0.6) is 0 Å². The molecule has 0 bridgehead atoms. The number of nitrogens with two attached hydrogens (primary N) is 1. The standard InChI is InChI=1S/C15H32N4O/c1-6-19-9-7-8-12(19)10-17-14(16)18-11-13(20-5)15(2,3)4/h12-13H,6-11H2,1-5H3,(H3,16,17,18). The Morgan fingerprint density at radius 2 is 2.20 bits per heavy atom. The van der Waals surface area contributed by atoms with Crippen molar-refractivity contribution in [1.29, 1.82) is 0 Å². The summed E-state index contributed by atoms with van der Waals surface area (Å²) in [6, 6.07) is 0.592. The maximum atomic E-state index is 5.95. The first-order chi connectivity index (χ1) is 9.38. The van der Waals surface area contributed by atoms with Gasteiger partial charge >= 0.3 is 0 Å². The summed E-state index contributed by atoms with van der Waals surface area (Å²) in [4.78, 5) is 6.91. The van der Waals surface area contributed by atoms with Gasteiger partial charge in [0, 0.05) is 19.7 Å². The number of hydrogen-bond donors (Lipinski definition) is 2. The topological polar surface area (TPSA) is 62.9 Å². The molecular weight excluding hydrogens is 252 g/mol. The zero-order chi connectivity index (χ0) is 15.2. The van der Waals surface area contributed by atoms with Gasteiger partial charge in [-0.2, -0.15) is 0 Å². The lowest BCUT2D eigenvalue weighted by molar-refractivity contribution is 0.0241. The third-order valence-electron chi connectivity index (χ3n) is 4.10. The molecule has 5 heteroatoms. The van der Waals surface area contributed by atoms with Gasteiger partial charge in [0.05, 0.1) is 12.6 Å². The van der Waals surface area contributed by atoms with Crippen molar-refractivity contribution in [1.82, 2.24) is 10.2 Å². The predicted molar refractivity (Wildman–Crippen MR) is 85.0 cm³/mol. The van der Waals surface area contributed by atoms with E-state index in [4.69, 9.17) is 10.5 Å². The fourth-order valence-corrected chi connectivity index (χ4v) is 2.70. The van der Waals surface area contributed by atoms with Gasteiger partial charge in [0.15, 0.2) is 5.96 Å². The lowest BCUT2D eigenvalue weighted by Crippen LogP contribution is -2.43. The van der Waals surface area contributed by atoms with Crippen LogP contribution in [0.3, 0.4) is 0 Å². The highest BCUT2D eigenvalue weighted by molar-refractivity contribution is 5.77. The summed E-state index contributed by atoms with van der Waals surface area (Å²) in [5.74, 6) is 0.527. The Morgan fingerprint density at radius 1 is 1.50 bits per heavy atom. The van der Waals surface area contributed by atoms with Gasteiger partial charge in [-0.1, -0.05) is 27.7 Å². The van der Waals surface area contributed by atoms with E-state index in [0.717, 1.165) is 13.1 Å². The van der Waals surface area contributed by atoms with E-state index in [-0.39, 0.29) is 11.5 Å². The summed E-state index contributed by atoms with van der Waals surface area (Å²) in [6.07, 6.45) is 2.62. The van der Waals surface area contributed by atoms with Gasteiger partial charge in [-0.3, -0.25) is 9.89 Å². The molecule has 0 aromatic rings. The first kappa shape index (κ1) is 17.2. The Hall–Kier alpha value is -0.810. The molecule has 0 amide bonds. The zero-order valence-corrected chi connectivity index (χ0v) is 13.8. The van der Waals surface area contributed by atoms with Crippen LogP contribution in [0, 0.1) is 5.41 Å². The van der Waals surface area contributed by atoms with Gasteiger partial charge in [0.25, 0.3) is 0 Å². The number of nitrogens with zero attached hydrogens (tertiary/aromatic N) is 2. The van der Waals surface area contributed by atoms with E-state index in [1.165, 1.54) is 19.4 Å². The molecule has 1 aliphatic rings. The minimum Gasteiger partial charge on any atom is -0.379 e. The Bertz CT molecular complexity index is 311. The Kier molecular flexibility index (Phi) is 6.76. The second-order valence-electron chi connectivity index (χ2n) is 6.62. The van der Waals surface area contributed by atoms with E-state index < -0.39 is 0 Å². The highest BCUT2D eigenvalue weighted by Crippen LogP contribution is 2.21. The predicted octanol–water partition coefficient (Wildman–Crippen LogP) is 1.44. The minimum absolute atomic E-state index is 0.0724. The van der Waals surface area contributed by atoms with Crippen molar-refractivity contribution in [2.45, 2.75) is 52.7 Å². The quantitative estimate of drug-likeness (QED) is 0.572. The normalized spacial score (nSPS) is 23.1. The van der Waals surface area contributed by atoms with Crippen LogP contribution in [0.4, 0.5) is 0 Å². The number of ether oxygens (including phenoxy) is 1. The van der Waals surface area contributed by atoms with E-state index in [1.54, 1.807) is 7.11 Å². The van der Waals surface area contributed by atoms with Crippen molar-refractivity contribution in [2.24, 2.45) is 16.1 Å². The number of aliphatic imine (C=N–C) groups is 1. The Labute approximate surface area is 124 Å². The largest absolute Gasteiger partial charge is 0.379 e. The molecule has 2 unspecified atom stereocenters. The van der Waals surface area contributed by atoms with Crippen molar-refractivity contribution < 1.29 is 4.74 Å². The van der Waals surface area contributed by atoms with E-state index in [9.17, 15) is 0 Å². The van der Waals surface area contributed by atoms with Crippen LogP contribution in [0.15, 0.2) is 4.99 Å². The summed E-state index contributed by atoms with van der Waals surface area (Å²) in [7, 11) is 1.73. The molecule has 1 saturated heterocycles. The second kappa shape index (κ2) is 7.84. The Morgan fingerprint density at radius 3 is 2.75 bits per heavy atom. The van der Waals surface area contributed by atoms with E-state index in [2.05, 4.69) is 42.9 Å². The molecule has 0 saturated carbocycles. The van der Waals surface area contributed by atoms with Crippen LogP contribution in [0.2, 0.25) is 0 Å². The number of guanidine groups is 1. The van der Waals surface area contributed by atoms with E-state index in [1.807, 2.05) is 0 Å². The van der Waals surface area contributed by atoms with Crippen molar-refractivity contribution in [3.63, 3.8) is 0 Å². The fourth-order valence-electron chi connectivity index (χ4n) is 2.70. The second-order valence-corrected chi connectivity index (χ2v) is 6.62. The average molecular weight is 284 g/mol. The summed E-state index contributed by atoms with van der Waals surface area (Å²) >= 11 is 0. The van der Waals surface area contributed by atoms with Gasteiger partial charge < -0.3 is 15.8 Å². The first-order valence-corrected chi connectivity index (χ1v) is 7.69. The highest BCUT2D eigenvalue weighted by Gasteiger charge is 2.24. The first-order valence-electron chi connectivity index (χ1n) is 7.69. The van der Waals surface area contributed by atoms with Crippen LogP contribution in [0.1, 0.15) is 40.5 Å². The number of hydrogen-bond acceptors (Lipinski definition) is 3. The van der Waals surface area contributed by atoms with Crippen molar-refractivity contribution in [3.8, 4) is 0 Å². The molecule has 1 aliphatic heterocycles. The van der Waals surface area contributed by atoms with Crippen LogP contribution in [-0.4, -0.2) is 56.3 Å². The third kappa shape index (κ3) is 5.29. The summed E-state index contributed by atoms with van der Waals surface area (Å²) in [5, 5.41) is 3.25. The van der Waals surface area contributed by atoms with Crippen molar-refractivity contribution in [3.05, 3.63) is 0 Å². The molecule has 20 heavy (non-hydrogen) atoms. The van der Waals surface area contributed by atoms with E-state index in [0.29, 0.717) is 18.5 Å². The molecule has 0 aromatic heterocycles. The molecule has 1 heterocycles. The van der Waals surface area contributed by atoms with Crippen LogP contribution in [0.25, 0.3) is 0 Å². The van der Waals surface area contributed by atoms with Gasteiger partial charge in [0.1, 0.15) is 0 Å². The number of likely N-dealkylation sites (tertiary alicyclic amines) is 1. The fraction of sp³-hybridized carbons (Fsp3) is 0.933. The van der Waals surface area contributed by atoms with Gasteiger partial charge in [0.2, 0.25) is 0 Å². The maximum absolute atomic E-state index is 5.95. The lowest BCUT2D eigenvalue weighted by atomic mass is 9.89. The number of methoxy groups -OCH3 is 1.